The zero-order chi connectivity index (χ0) is 11.5. The van der Waals surface area contributed by atoms with Crippen LogP contribution in [0.1, 0.15) is 25.3 Å². The Hall–Kier alpha value is -1.08. The summed E-state index contributed by atoms with van der Waals surface area (Å²) in [6.07, 6.45) is 2.55. The summed E-state index contributed by atoms with van der Waals surface area (Å²) in [5, 5.41) is 0.0904. The summed E-state index contributed by atoms with van der Waals surface area (Å²) in [7, 11) is 0. The van der Waals surface area contributed by atoms with Crippen molar-refractivity contribution in [2.75, 3.05) is 0 Å². The van der Waals surface area contributed by atoms with Crippen LogP contribution in [0.25, 0.3) is 5.57 Å². The van der Waals surface area contributed by atoms with Crippen molar-refractivity contribution >= 4 is 23.5 Å². The van der Waals surface area contributed by atoms with Crippen molar-refractivity contribution < 1.29 is 4.79 Å². The van der Waals surface area contributed by atoms with Gasteiger partial charge in [-0.1, -0.05) is 37.3 Å². The van der Waals surface area contributed by atoms with Crippen LogP contribution in [0.5, 0.6) is 0 Å². The largest absolute Gasteiger partial charge is 0.298 e. The lowest BCUT2D eigenvalue weighted by Gasteiger charge is -2.27. The third-order valence-corrected chi connectivity index (χ3v) is 3.80. The molecule has 0 aromatic heterocycles. The van der Waals surface area contributed by atoms with Crippen LogP contribution in [-0.2, 0) is 4.79 Å². The number of hydrogen-bond donors (Lipinski definition) is 0. The SMILES string of the molecule is CC1CC(c2ccccc2)=C(C=O)C[C@H]1Cl. The van der Waals surface area contributed by atoms with Crippen molar-refractivity contribution in [3.05, 3.63) is 41.5 Å². The van der Waals surface area contributed by atoms with Gasteiger partial charge in [0.25, 0.3) is 0 Å². The fourth-order valence-electron chi connectivity index (χ4n) is 2.18. The lowest BCUT2D eigenvalue weighted by atomic mass is 9.82. The predicted octanol–water partition coefficient (Wildman–Crippen LogP) is 3.68. The van der Waals surface area contributed by atoms with E-state index >= 15 is 0 Å². The van der Waals surface area contributed by atoms with Crippen molar-refractivity contribution in [1.82, 2.24) is 0 Å². The molecule has 1 aliphatic rings. The summed E-state index contributed by atoms with van der Waals surface area (Å²) in [5.74, 6) is 0.431. The molecule has 16 heavy (non-hydrogen) atoms. The Bertz CT molecular complexity index is 408. The van der Waals surface area contributed by atoms with Gasteiger partial charge in [-0.2, -0.15) is 0 Å². The quantitative estimate of drug-likeness (QED) is 0.564. The molecule has 0 heterocycles. The molecule has 0 fully saturated rings. The molecule has 0 amide bonds. The monoisotopic (exact) mass is 234 g/mol. The number of benzene rings is 1. The van der Waals surface area contributed by atoms with Gasteiger partial charge in [-0.25, -0.2) is 0 Å². The molecule has 2 atom stereocenters. The van der Waals surface area contributed by atoms with E-state index in [0.717, 1.165) is 23.8 Å². The van der Waals surface area contributed by atoms with Crippen LogP contribution >= 0.6 is 11.6 Å². The summed E-state index contributed by atoms with van der Waals surface area (Å²) in [6.45, 7) is 2.14. The Balaban J connectivity index is 2.40. The topological polar surface area (TPSA) is 17.1 Å². The summed E-state index contributed by atoms with van der Waals surface area (Å²) >= 11 is 6.20. The van der Waals surface area contributed by atoms with E-state index < -0.39 is 0 Å². The smallest absolute Gasteiger partial charge is 0.146 e. The number of alkyl halides is 1. The lowest BCUT2D eigenvalue weighted by molar-refractivity contribution is -0.105. The second-order valence-corrected chi connectivity index (χ2v) is 4.95. The Morgan fingerprint density at radius 3 is 2.56 bits per heavy atom. The molecule has 0 N–H and O–H groups in total. The lowest BCUT2D eigenvalue weighted by Crippen LogP contribution is -2.19. The highest BCUT2D eigenvalue weighted by Crippen LogP contribution is 2.37. The third-order valence-electron chi connectivity index (χ3n) is 3.21. The number of halogens is 1. The molecule has 2 heteroatoms. The van der Waals surface area contributed by atoms with Gasteiger partial charge in [-0.15, -0.1) is 11.6 Å². The summed E-state index contributed by atoms with van der Waals surface area (Å²) in [4.78, 5) is 11.1. The fraction of sp³-hybridized carbons (Fsp3) is 0.357. The van der Waals surface area contributed by atoms with E-state index in [4.69, 9.17) is 11.6 Å². The van der Waals surface area contributed by atoms with Gasteiger partial charge in [0.1, 0.15) is 6.29 Å². The molecule has 1 aliphatic carbocycles. The molecule has 0 radical (unpaired) electrons. The Kier molecular flexibility index (Phi) is 3.45. The molecule has 0 saturated carbocycles. The number of hydrogen-bond acceptors (Lipinski definition) is 1. The molecule has 84 valence electrons. The minimum absolute atomic E-state index is 0.0904. The first-order chi connectivity index (χ1) is 7.72. The van der Waals surface area contributed by atoms with E-state index in [-0.39, 0.29) is 5.38 Å². The Morgan fingerprint density at radius 2 is 1.94 bits per heavy atom. The van der Waals surface area contributed by atoms with Crippen molar-refractivity contribution in [1.29, 1.82) is 0 Å². The van der Waals surface area contributed by atoms with E-state index in [0.29, 0.717) is 12.3 Å². The molecular weight excluding hydrogens is 220 g/mol. The van der Waals surface area contributed by atoms with Gasteiger partial charge in [-0.3, -0.25) is 4.79 Å². The molecule has 1 aromatic rings. The first kappa shape index (κ1) is 11.4. The van der Waals surface area contributed by atoms with Gasteiger partial charge in [0, 0.05) is 5.38 Å². The molecule has 0 bridgehead atoms. The average Bonchev–Trinajstić information content (AvgIpc) is 2.33. The second-order valence-electron chi connectivity index (χ2n) is 4.39. The van der Waals surface area contributed by atoms with Crippen LogP contribution in [0.2, 0.25) is 0 Å². The molecular formula is C14H15ClO. The molecule has 0 aliphatic heterocycles. The predicted molar refractivity (Wildman–Crippen MR) is 67.5 cm³/mol. The maximum atomic E-state index is 11.1. The Labute approximate surface area is 101 Å². The van der Waals surface area contributed by atoms with Crippen molar-refractivity contribution in [3.8, 4) is 0 Å². The van der Waals surface area contributed by atoms with Crippen LogP contribution in [0.3, 0.4) is 0 Å². The summed E-state index contributed by atoms with van der Waals surface area (Å²) in [5.41, 5.74) is 3.18. The van der Waals surface area contributed by atoms with Crippen molar-refractivity contribution in [3.63, 3.8) is 0 Å². The zero-order valence-electron chi connectivity index (χ0n) is 9.32. The molecule has 2 rings (SSSR count). The molecule has 1 nitrogen and oxygen atoms in total. The van der Waals surface area contributed by atoms with E-state index in [1.807, 2.05) is 18.2 Å². The highest BCUT2D eigenvalue weighted by Gasteiger charge is 2.25. The second kappa shape index (κ2) is 4.84. The van der Waals surface area contributed by atoms with Crippen LogP contribution in [0.4, 0.5) is 0 Å². The molecule has 1 unspecified atom stereocenters. The molecule has 0 saturated heterocycles. The normalized spacial score (nSPS) is 25.6. The van der Waals surface area contributed by atoms with Gasteiger partial charge in [0.2, 0.25) is 0 Å². The number of rotatable bonds is 2. The van der Waals surface area contributed by atoms with E-state index in [9.17, 15) is 4.79 Å². The number of allylic oxidation sites excluding steroid dienone is 2. The fourth-order valence-corrected chi connectivity index (χ4v) is 2.43. The average molecular weight is 235 g/mol. The first-order valence-electron chi connectivity index (χ1n) is 5.59. The maximum absolute atomic E-state index is 11.1. The standard InChI is InChI=1S/C14H15ClO/c1-10-7-13(11-5-3-2-4-6-11)12(9-16)8-14(10)15/h2-6,9-10,14H,7-8H2,1H3/t10?,14-/m1/s1. The highest BCUT2D eigenvalue weighted by molar-refractivity contribution is 6.21. The van der Waals surface area contributed by atoms with Crippen molar-refractivity contribution in [2.45, 2.75) is 25.1 Å². The van der Waals surface area contributed by atoms with Gasteiger partial charge in [0.15, 0.2) is 0 Å². The van der Waals surface area contributed by atoms with E-state index in [2.05, 4.69) is 19.1 Å². The van der Waals surface area contributed by atoms with Crippen LogP contribution in [-0.4, -0.2) is 11.7 Å². The number of carbonyl (C=O) groups is 1. The van der Waals surface area contributed by atoms with Gasteiger partial charge >= 0.3 is 0 Å². The first-order valence-corrected chi connectivity index (χ1v) is 6.02. The number of carbonyl (C=O) groups excluding carboxylic acids is 1. The summed E-state index contributed by atoms with van der Waals surface area (Å²) in [6, 6.07) is 10.1. The van der Waals surface area contributed by atoms with Crippen LogP contribution in [0.15, 0.2) is 35.9 Å². The minimum atomic E-state index is 0.0904. The van der Waals surface area contributed by atoms with Gasteiger partial charge < -0.3 is 0 Å². The summed E-state index contributed by atoms with van der Waals surface area (Å²) < 4.78 is 0. The van der Waals surface area contributed by atoms with Gasteiger partial charge in [-0.05, 0) is 35.5 Å². The maximum Gasteiger partial charge on any atom is 0.146 e. The van der Waals surface area contributed by atoms with E-state index in [1.165, 1.54) is 5.57 Å². The van der Waals surface area contributed by atoms with E-state index in [1.54, 1.807) is 0 Å². The third kappa shape index (κ3) is 2.19. The van der Waals surface area contributed by atoms with Crippen LogP contribution < -0.4 is 0 Å². The zero-order valence-corrected chi connectivity index (χ0v) is 10.1. The van der Waals surface area contributed by atoms with Crippen LogP contribution in [0, 0.1) is 5.92 Å². The molecule has 0 spiro atoms. The minimum Gasteiger partial charge on any atom is -0.298 e. The van der Waals surface area contributed by atoms with Crippen molar-refractivity contribution in [2.24, 2.45) is 5.92 Å². The highest BCUT2D eigenvalue weighted by atomic mass is 35.5. The number of aldehydes is 1. The molecule has 1 aromatic carbocycles. The Morgan fingerprint density at radius 1 is 1.25 bits per heavy atom. The van der Waals surface area contributed by atoms with Gasteiger partial charge in [0.05, 0.1) is 0 Å².